The minimum absolute atomic E-state index is 0.0177. The molecule has 14 heteroatoms. The first-order chi connectivity index (χ1) is 17.4. The lowest BCUT2D eigenvalue weighted by atomic mass is 10.0. The summed E-state index contributed by atoms with van der Waals surface area (Å²) >= 11 is 1.39. The number of nitrogens with one attached hydrogen (secondary N) is 3. The maximum absolute atomic E-state index is 13.0. The van der Waals surface area contributed by atoms with E-state index in [0.717, 1.165) is 0 Å². The predicted molar refractivity (Wildman–Crippen MR) is 135 cm³/mol. The zero-order valence-corrected chi connectivity index (χ0v) is 21.2. The van der Waals surface area contributed by atoms with E-state index in [-0.39, 0.29) is 25.7 Å². The van der Waals surface area contributed by atoms with Crippen LogP contribution in [0.15, 0.2) is 30.3 Å². The second-order valence-corrected chi connectivity index (χ2v) is 9.19. The minimum atomic E-state index is -1.45. The van der Waals surface area contributed by atoms with Gasteiger partial charge in [0.1, 0.15) is 18.1 Å². The van der Waals surface area contributed by atoms with Crippen LogP contribution >= 0.6 is 11.8 Å². The molecule has 0 heterocycles. The normalized spacial score (nSPS) is 13.9. The van der Waals surface area contributed by atoms with E-state index in [2.05, 4.69) is 16.0 Å². The number of primary amides is 1. The molecular weight excluding hydrogens is 506 g/mol. The molecular formula is C23H33N5O8S. The molecule has 13 nitrogen and oxygen atoms in total. The number of amides is 4. The van der Waals surface area contributed by atoms with E-state index in [9.17, 15) is 33.9 Å². The van der Waals surface area contributed by atoms with Crippen molar-refractivity contribution in [2.45, 2.75) is 56.3 Å². The Hall–Kier alpha value is -3.65. The van der Waals surface area contributed by atoms with Crippen molar-refractivity contribution in [2.24, 2.45) is 11.5 Å². The van der Waals surface area contributed by atoms with Crippen LogP contribution in [0, 0.1) is 0 Å². The van der Waals surface area contributed by atoms with Crippen LogP contribution < -0.4 is 27.4 Å². The summed E-state index contributed by atoms with van der Waals surface area (Å²) in [5.41, 5.74) is 11.4. The molecule has 0 aliphatic carbocycles. The Balaban J connectivity index is 3.01. The molecule has 4 atom stereocenters. The maximum Gasteiger partial charge on any atom is 0.326 e. The molecule has 0 aliphatic heterocycles. The monoisotopic (exact) mass is 539 g/mol. The third kappa shape index (κ3) is 12.2. The first-order valence-corrected chi connectivity index (χ1v) is 12.8. The molecule has 1 aromatic carbocycles. The molecule has 0 bridgehead atoms. The van der Waals surface area contributed by atoms with Crippen molar-refractivity contribution in [1.29, 1.82) is 0 Å². The fourth-order valence-electron chi connectivity index (χ4n) is 3.21. The van der Waals surface area contributed by atoms with Gasteiger partial charge in [-0.15, -0.1) is 0 Å². The van der Waals surface area contributed by atoms with E-state index in [4.69, 9.17) is 16.6 Å². The van der Waals surface area contributed by atoms with Crippen molar-refractivity contribution in [1.82, 2.24) is 16.0 Å². The lowest BCUT2D eigenvalue weighted by molar-refractivity contribution is -0.142. The lowest BCUT2D eigenvalue weighted by Gasteiger charge is -2.25. The Kier molecular flexibility index (Phi) is 13.7. The van der Waals surface area contributed by atoms with Crippen molar-refractivity contribution in [3.63, 3.8) is 0 Å². The smallest absolute Gasteiger partial charge is 0.326 e. The van der Waals surface area contributed by atoms with Crippen molar-refractivity contribution in [3.8, 4) is 0 Å². The Morgan fingerprint density at radius 1 is 0.865 bits per heavy atom. The number of hydrogen-bond donors (Lipinski definition) is 7. The van der Waals surface area contributed by atoms with E-state index in [1.54, 1.807) is 36.6 Å². The summed E-state index contributed by atoms with van der Waals surface area (Å²) in [5, 5.41) is 25.6. The Bertz CT molecular complexity index is 962. The van der Waals surface area contributed by atoms with Crippen LogP contribution in [0.1, 0.15) is 31.2 Å². The first-order valence-electron chi connectivity index (χ1n) is 11.4. The summed E-state index contributed by atoms with van der Waals surface area (Å²) in [5.74, 6) is -5.41. The van der Waals surface area contributed by atoms with Gasteiger partial charge in [-0.25, -0.2) is 4.79 Å². The number of aliphatic carboxylic acids is 2. The number of carbonyl (C=O) groups is 6. The fourth-order valence-corrected chi connectivity index (χ4v) is 3.69. The number of rotatable bonds is 17. The van der Waals surface area contributed by atoms with Crippen LogP contribution in [0.5, 0.6) is 0 Å². The maximum atomic E-state index is 13.0. The van der Waals surface area contributed by atoms with Gasteiger partial charge >= 0.3 is 11.9 Å². The molecule has 0 saturated heterocycles. The summed E-state index contributed by atoms with van der Waals surface area (Å²) in [6, 6.07) is 3.47. The summed E-state index contributed by atoms with van der Waals surface area (Å²) in [7, 11) is 0. The second-order valence-electron chi connectivity index (χ2n) is 8.20. The highest BCUT2D eigenvalue weighted by Crippen LogP contribution is 2.08. The van der Waals surface area contributed by atoms with Gasteiger partial charge in [-0.3, -0.25) is 24.0 Å². The molecule has 0 aliphatic rings. The van der Waals surface area contributed by atoms with Gasteiger partial charge in [0.25, 0.3) is 0 Å². The van der Waals surface area contributed by atoms with Crippen LogP contribution in [0.2, 0.25) is 0 Å². The van der Waals surface area contributed by atoms with Gasteiger partial charge in [-0.05, 0) is 30.4 Å². The molecule has 1 rings (SSSR count). The zero-order chi connectivity index (χ0) is 28.0. The summed E-state index contributed by atoms with van der Waals surface area (Å²) < 4.78 is 0. The number of thioether (sulfide) groups is 1. The van der Waals surface area contributed by atoms with E-state index < -0.39 is 66.2 Å². The highest BCUT2D eigenvalue weighted by molar-refractivity contribution is 7.98. The van der Waals surface area contributed by atoms with Crippen molar-refractivity contribution < 1.29 is 39.0 Å². The molecule has 0 radical (unpaired) electrons. The number of carboxylic acid groups (broad SMARTS) is 2. The van der Waals surface area contributed by atoms with Crippen LogP contribution in [0.3, 0.4) is 0 Å². The largest absolute Gasteiger partial charge is 0.481 e. The molecule has 9 N–H and O–H groups in total. The zero-order valence-electron chi connectivity index (χ0n) is 20.3. The van der Waals surface area contributed by atoms with Crippen LogP contribution in [0.4, 0.5) is 0 Å². The van der Waals surface area contributed by atoms with Gasteiger partial charge in [-0.2, -0.15) is 11.8 Å². The molecule has 0 fully saturated rings. The number of hydrogen-bond acceptors (Lipinski definition) is 8. The van der Waals surface area contributed by atoms with Crippen molar-refractivity contribution >= 4 is 47.3 Å². The highest BCUT2D eigenvalue weighted by Gasteiger charge is 2.30. The Morgan fingerprint density at radius 3 is 1.92 bits per heavy atom. The van der Waals surface area contributed by atoms with Gasteiger partial charge in [0, 0.05) is 12.8 Å². The number of nitrogens with two attached hydrogens (primary N) is 2. The van der Waals surface area contributed by atoms with E-state index >= 15 is 0 Å². The van der Waals surface area contributed by atoms with Gasteiger partial charge in [0.05, 0.1) is 12.5 Å². The third-order valence-corrected chi connectivity index (χ3v) is 5.83. The minimum Gasteiger partial charge on any atom is -0.481 e. The van der Waals surface area contributed by atoms with Crippen molar-refractivity contribution in [3.05, 3.63) is 35.9 Å². The lowest BCUT2D eigenvalue weighted by Crippen LogP contribution is -2.57. The average molecular weight is 540 g/mol. The van der Waals surface area contributed by atoms with Gasteiger partial charge < -0.3 is 37.6 Å². The van der Waals surface area contributed by atoms with Crippen LogP contribution in [0.25, 0.3) is 0 Å². The van der Waals surface area contributed by atoms with Gasteiger partial charge in [0.2, 0.25) is 23.6 Å². The topological polar surface area (TPSA) is 231 Å². The number of benzene rings is 1. The molecule has 37 heavy (non-hydrogen) atoms. The molecule has 1 aromatic rings. The molecule has 0 aromatic heterocycles. The van der Waals surface area contributed by atoms with Crippen LogP contribution in [-0.2, 0) is 35.2 Å². The molecule has 204 valence electrons. The summed E-state index contributed by atoms with van der Waals surface area (Å²) in [6.07, 6.45) is 0.746. The second kappa shape index (κ2) is 16.2. The van der Waals surface area contributed by atoms with E-state index in [1.165, 1.54) is 11.8 Å². The third-order valence-electron chi connectivity index (χ3n) is 5.18. The Labute approximate surface area is 218 Å². The summed E-state index contributed by atoms with van der Waals surface area (Å²) in [6.45, 7) is 0. The van der Waals surface area contributed by atoms with E-state index in [1.807, 2.05) is 0 Å². The highest BCUT2D eigenvalue weighted by atomic mass is 32.2. The molecule has 4 amide bonds. The number of carboxylic acids is 2. The first kappa shape index (κ1) is 31.4. The summed E-state index contributed by atoms with van der Waals surface area (Å²) in [4.78, 5) is 72.1. The molecule has 0 spiro atoms. The standard InChI is InChI=1S/C23H33N5O8S/c1-37-10-9-16(22(34)28-17(23(35)36)11-13-5-3-2-4-6-13)27-21(33)15(7-8-18(25)29)26-20(32)14(24)12-19(30)31/h2-6,14-17H,7-12,24H2,1H3,(H2,25,29)(H,26,32)(H,27,33)(H,28,34)(H,30,31)(H,35,36). The van der Waals surface area contributed by atoms with Crippen LogP contribution in [-0.4, -0.2) is 82.0 Å². The van der Waals surface area contributed by atoms with Gasteiger partial charge in [-0.1, -0.05) is 30.3 Å². The Morgan fingerprint density at radius 2 is 1.41 bits per heavy atom. The molecule has 4 unspecified atom stereocenters. The van der Waals surface area contributed by atoms with Crippen molar-refractivity contribution in [2.75, 3.05) is 12.0 Å². The van der Waals surface area contributed by atoms with Gasteiger partial charge in [0.15, 0.2) is 0 Å². The van der Waals surface area contributed by atoms with E-state index in [0.29, 0.717) is 11.3 Å². The average Bonchev–Trinajstić information content (AvgIpc) is 2.83. The predicted octanol–water partition coefficient (Wildman–Crippen LogP) is -1.41. The number of carbonyl (C=O) groups excluding carboxylic acids is 4. The quantitative estimate of drug-likeness (QED) is 0.122. The molecule has 0 saturated carbocycles. The fraction of sp³-hybridized carbons (Fsp3) is 0.478. The SMILES string of the molecule is CSCCC(NC(=O)C(CCC(N)=O)NC(=O)C(N)CC(=O)O)C(=O)NC(Cc1ccccc1)C(=O)O.